The molecule has 0 N–H and O–H groups in total. The van der Waals surface area contributed by atoms with Crippen LogP contribution < -0.4 is 0 Å². The zero-order valence-electron chi connectivity index (χ0n) is 18.2. The molecule has 33 heavy (non-hydrogen) atoms. The summed E-state index contributed by atoms with van der Waals surface area (Å²) in [4.78, 5) is 10.3. The lowest BCUT2D eigenvalue weighted by Crippen LogP contribution is -2.16. The Balaban J connectivity index is 1.22. The number of thiazole rings is 1. The molecule has 1 aliphatic heterocycles. The summed E-state index contributed by atoms with van der Waals surface area (Å²) < 4.78 is 8.38. The Hall–Kier alpha value is -1.83. The molecule has 0 spiro atoms. The van der Waals surface area contributed by atoms with E-state index in [2.05, 4.69) is 41.6 Å². The van der Waals surface area contributed by atoms with Crippen molar-refractivity contribution in [1.29, 1.82) is 0 Å². The molecular formula is C25H23Cl2N3OS2. The Morgan fingerprint density at radius 2 is 1.88 bits per heavy atom. The Morgan fingerprint density at radius 1 is 1.12 bits per heavy atom. The minimum atomic E-state index is -0.145. The fraction of sp³-hybridized carbons (Fsp3) is 0.280. The number of aryl methyl sites for hydroxylation is 1. The third kappa shape index (κ3) is 5.00. The lowest BCUT2D eigenvalue weighted by atomic mass is 10.00. The highest BCUT2D eigenvalue weighted by Crippen LogP contribution is 2.45. The summed E-state index contributed by atoms with van der Waals surface area (Å²) in [5.74, 6) is 0.999. The number of rotatable bonds is 6. The van der Waals surface area contributed by atoms with E-state index < -0.39 is 0 Å². The van der Waals surface area contributed by atoms with Crippen molar-refractivity contribution in [2.75, 3.05) is 0 Å². The Labute approximate surface area is 211 Å². The van der Waals surface area contributed by atoms with Crippen molar-refractivity contribution in [1.82, 2.24) is 14.5 Å². The van der Waals surface area contributed by atoms with Crippen LogP contribution in [-0.2, 0) is 10.5 Å². The molecular weight excluding hydrogens is 493 g/mol. The van der Waals surface area contributed by atoms with Crippen LogP contribution in [0.25, 0.3) is 10.6 Å². The fourth-order valence-electron chi connectivity index (χ4n) is 3.98. The van der Waals surface area contributed by atoms with Gasteiger partial charge < -0.3 is 9.30 Å². The van der Waals surface area contributed by atoms with Crippen LogP contribution in [0, 0.1) is 12.8 Å². The maximum Gasteiger partial charge on any atom is 0.139 e. The molecule has 0 saturated carbocycles. The maximum absolute atomic E-state index is 6.78. The van der Waals surface area contributed by atoms with Gasteiger partial charge in [0.25, 0.3) is 0 Å². The summed E-state index contributed by atoms with van der Waals surface area (Å²) in [6.45, 7) is 4.11. The van der Waals surface area contributed by atoms with Crippen molar-refractivity contribution in [2.24, 2.45) is 5.92 Å². The van der Waals surface area contributed by atoms with E-state index >= 15 is 0 Å². The van der Waals surface area contributed by atoms with Crippen molar-refractivity contribution in [2.45, 2.75) is 42.2 Å². The van der Waals surface area contributed by atoms with Gasteiger partial charge in [-0.15, -0.1) is 34.7 Å². The predicted octanol–water partition coefficient (Wildman–Crippen LogP) is 7.77. The van der Waals surface area contributed by atoms with Gasteiger partial charge in [0.15, 0.2) is 0 Å². The Bertz CT molecular complexity index is 1220. The first kappa shape index (κ1) is 22.9. The van der Waals surface area contributed by atoms with Crippen LogP contribution in [0.15, 0.2) is 71.3 Å². The zero-order valence-corrected chi connectivity index (χ0v) is 21.3. The molecule has 5 rings (SSSR count). The second kappa shape index (κ2) is 9.80. The van der Waals surface area contributed by atoms with Gasteiger partial charge in [0.1, 0.15) is 17.3 Å². The number of benzene rings is 2. The van der Waals surface area contributed by atoms with Crippen molar-refractivity contribution in [3.8, 4) is 10.6 Å². The van der Waals surface area contributed by atoms with Gasteiger partial charge in [0.2, 0.25) is 0 Å². The van der Waals surface area contributed by atoms with Gasteiger partial charge in [-0.2, -0.15) is 0 Å². The summed E-state index contributed by atoms with van der Waals surface area (Å²) in [5, 5.41) is 3.77. The summed E-state index contributed by atoms with van der Waals surface area (Å²) in [6, 6.07) is 16.3. The molecule has 1 fully saturated rings. The molecule has 0 radical (unpaired) electrons. The zero-order chi connectivity index (χ0) is 22.9. The van der Waals surface area contributed by atoms with Crippen molar-refractivity contribution < 1.29 is 4.74 Å². The molecule has 0 bridgehead atoms. The minimum Gasteiger partial charge on any atom is -0.348 e. The van der Waals surface area contributed by atoms with Crippen LogP contribution in [0.5, 0.6) is 0 Å². The van der Waals surface area contributed by atoms with Crippen LogP contribution in [0.2, 0.25) is 5.02 Å². The standard InChI is InChI=1S/C25H23Cl2N3OS2/c1-15-11-30(14-28-15)25-16(2)22(27)23(31-25)17-5-9-21(10-6-17)32-12-20-13-33-24(29-20)18-3-7-19(26)8-4-18/h3-11,13-14,16,22-23,25H,12H2,1-2H3/t16-,22+,23-,25+/m0/s1. The number of thioether (sulfide) groups is 1. The summed E-state index contributed by atoms with van der Waals surface area (Å²) >= 11 is 16.2. The van der Waals surface area contributed by atoms with Gasteiger partial charge in [-0.3, -0.25) is 0 Å². The average Bonchev–Trinajstić information content (AvgIpc) is 3.54. The van der Waals surface area contributed by atoms with Crippen LogP contribution in [0.1, 0.15) is 36.2 Å². The molecule has 0 unspecified atom stereocenters. The smallest absolute Gasteiger partial charge is 0.139 e. The number of nitrogens with zero attached hydrogens (tertiary/aromatic N) is 3. The number of hydrogen-bond acceptors (Lipinski definition) is 5. The largest absolute Gasteiger partial charge is 0.348 e. The van der Waals surface area contributed by atoms with E-state index in [0.717, 1.165) is 38.3 Å². The molecule has 2 aromatic heterocycles. The topological polar surface area (TPSA) is 39.9 Å². The van der Waals surface area contributed by atoms with Crippen molar-refractivity contribution in [3.05, 3.63) is 88.4 Å². The van der Waals surface area contributed by atoms with E-state index in [1.165, 1.54) is 4.90 Å². The molecule has 4 atom stereocenters. The molecule has 0 aliphatic carbocycles. The van der Waals surface area contributed by atoms with E-state index in [0.29, 0.717) is 0 Å². The van der Waals surface area contributed by atoms with Gasteiger partial charge in [0, 0.05) is 38.7 Å². The van der Waals surface area contributed by atoms with Gasteiger partial charge >= 0.3 is 0 Å². The quantitative estimate of drug-likeness (QED) is 0.194. The summed E-state index contributed by atoms with van der Waals surface area (Å²) in [7, 11) is 0. The first-order valence-corrected chi connectivity index (χ1v) is 13.4. The molecule has 1 saturated heterocycles. The van der Waals surface area contributed by atoms with Crippen LogP contribution in [0.4, 0.5) is 0 Å². The molecule has 2 aromatic carbocycles. The highest BCUT2D eigenvalue weighted by atomic mass is 35.5. The number of aromatic nitrogens is 3. The lowest BCUT2D eigenvalue weighted by Gasteiger charge is -2.16. The second-order valence-corrected chi connectivity index (χ2v) is 11.1. The van der Waals surface area contributed by atoms with Gasteiger partial charge in [-0.1, -0.05) is 42.8 Å². The molecule has 170 valence electrons. The lowest BCUT2D eigenvalue weighted by molar-refractivity contribution is -0.0111. The number of imidazole rings is 1. The summed E-state index contributed by atoms with van der Waals surface area (Å²) in [5.41, 5.74) is 4.24. The second-order valence-electron chi connectivity index (χ2n) is 8.22. The average molecular weight is 517 g/mol. The number of ether oxygens (including phenoxy) is 1. The first-order valence-electron chi connectivity index (χ1n) is 10.7. The van der Waals surface area contributed by atoms with Gasteiger partial charge in [-0.05, 0) is 36.8 Å². The normalized spacial score (nSPS) is 22.7. The number of hydrogen-bond donors (Lipinski definition) is 0. The third-order valence-corrected chi connectivity index (χ3v) is 8.65. The van der Waals surface area contributed by atoms with E-state index in [9.17, 15) is 0 Å². The van der Waals surface area contributed by atoms with Crippen LogP contribution in [0.3, 0.4) is 0 Å². The summed E-state index contributed by atoms with van der Waals surface area (Å²) in [6.07, 6.45) is 3.57. The van der Waals surface area contributed by atoms with E-state index in [1.807, 2.05) is 48.3 Å². The highest BCUT2D eigenvalue weighted by Gasteiger charge is 2.42. The van der Waals surface area contributed by atoms with Gasteiger partial charge in [-0.25, -0.2) is 9.97 Å². The van der Waals surface area contributed by atoms with Crippen LogP contribution in [-0.4, -0.2) is 19.9 Å². The molecule has 4 aromatic rings. The fourth-order valence-corrected chi connectivity index (χ4v) is 6.15. The Kier molecular flexibility index (Phi) is 6.81. The van der Waals surface area contributed by atoms with E-state index in [1.54, 1.807) is 23.1 Å². The van der Waals surface area contributed by atoms with E-state index in [-0.39, 0.29) is 23.6 Å². The predicted molar refractivity (Wildman–Crippen MR) is 137 cm³/mol. The van der Waals surface area contributed by atoms with Crippen molar-refractivity contribution >= 4 is 46.3 Å². The molecule has 3 heterocycles. The molecule has 4 nitrogen and oxygen atoms in total. The first-order chi connectivity index (χ1) is 16.0. The number of halogens is 2. The number of alkyl halides is 1. The SMILES string of the molecule is Cc1cn([C@@H]2O[C@@H](c3ccc(SCc4csc(-c5ccc(Cl)cc5)n4)cc3)[C@H](Cl)[C@@H]2C)cn1. The molecule has 8 heteroatoms. The molecule has 0 amide bonds. The highest BCUT2D eigenvalue weighted by molar-refractivity contribution is 7.98. The minimum absolute atomic E-state index is 0.0995. The Morgan fingerprint density at radius 3 is 2.58 bits per heavy atom. The molecule has 1 aliphatic rings. The monoisotopic (exact) mass is 515 g/mol. The van der Waals surface area contributed by atoms with E-state index in [4.69, 9.17) is 32.9 Å². The third-order valence-electron chi connectivity index (χ3n) is 5.79. The van der Waals surface area contributed by atoms with Gasteiger partial charge in [0.05, 0.1) is 23.1 Å². The van der Waals surface area contributed by atoms with Crippen LogP contribution >= 0.6 is 46.3 Å². The van der Waals surface area contributed by atoms with Crippen molar-refractivity contribution in [3.63, 3.8) is 0 Å². The maximum atomic E-state index is 6.78.